The highest BCUT2D eigenvalue weighted by Gasteiger charge is 2.53. The Morgan fingerprint density at radius 2 is 1.92 bits per heavy atom. The highest BCUT2D eigenvalue weighted by molar-refractivity contribution is 5.99. The Kier molecular flexibility index (Phi) is 6.99. The van der Waals surface area contributed by atoms with Crippen LogP contribution in [0.1, 0.15) is 66.4 Å². The highest BCUT2D eigenvalue weighted by Crippen LogP contribution is 2.48. The van der Waals surface area contributed by atoms with Gasteiger partial charge in [-0.3, -0.25) is 9.59 Å². The number of piperidine rings is 1. The minimum absolute atomic E-state index is 0.00805. The van der Waals surface area contributed by atoms with E-state index < -0.39 is 41.2 Å². The van der Waals surface area contributed by atoms with Crippen LogP contribution < -0.4 is 16.2 Å². The topological polar surface area (TPSA) is 66.4 Å². The van der Waals surface area contributed by atoms with Crippen molar-refractivity contribution in [2.75, 3.05) is 18.4 Å². The van der Waals surface area contributed by atoms with E-state index in [-0.39, 0.29) is 42.2 Å². The van der Waals surface area contributed by atoms with Gasteiger partial charge in [0.25, 0.3) is 24.3 Å². The lowest BCUT2D eigenvalue weighted by molar-refractivity contribution is 0.0648. The maximum absolute atomic E-state index is 14.5. The number of aromatic nitrogens is 1. The fraction of sp³-hybridized carbons (Fsp3) is 0.538. The minimum Gasteiger partial charge on any atom is -0.381 e. The summed E-state index contributed by atoms with van der Waals surface area (Å²) in [5.41, 5.74) is -2.97. The molecule has 3 fully saturated rings. The zero-order chi connectivity index (χ0) is 26.3. The van der Waals surface area contributed by atoms with Gasteiger partial charge in [0.15, 0.2) is 0 Å². The number of hydrogen-bond donors (Lipinski definition) is 2. The first-order valence-electron chi connectivity index (χ1n) is 12.6. The summed E-state index contributed by atoms with van der Waals surface area (Å²) in [4.78, 5) is 28.5. The van der Waals surface area contributed by atoms with Crippen LogP contribution in [0, 0.1) is 5.82 Å². The molecule has 2 unspecified atom stereocenters. The third-order valence-electron chi connectivity index (χ3n) is 7.91. The summed E-state index contributed by atoms with van der Waals surface area (Å²) in [6.45, 7) is 1.56. The largest absolute Gasteiger partial charge is 0.381 e. The van der Waals surface area contributed by atoms with Gasteiger partial charge >= 0.3 is 0 Å². The Morgan fingerprint density at radius 3 is 2.62 bits per heavy atom. The van der Waals surface area contributed by atoms with Gasteiger partial charge in [0.05, 0.1) is 16.8 Å². The molecule has 2 aromatic rings. The second kappa shape index (κ2) is 10.1. The number of halogens is 5. The Morgan fingerprint density at radius 1 is 1.14 bits per heavy atom. The zero-order valence-corrected chi connectivity index (χ0v) is 20.2. The van der Waals surface area contributed by atoms with Crippen LogP contribution in [0.3, 0.4) is 0 Å². The van der Waals surface area contributed by atoms with Gasteiger partial charge in [-0.15, -0.1) is 0 Å². The molecule has 2 aliphatic heterocycles. The Hall–Kier alpha value is -2.95. The van der Waals surface area contributed by atoms with Crippen LogP contribution in [0.5, 0.6) is 0 Å². The van der Waals surface area contributed by atoms with Crippen molar-refractivity contribution in [2.24, 2.45) is 0 Å². The molecule has 11 heteroatoms. The lowest BCUT2D eigenvalue weighted by Gasteiger charge is -2.36. The lowest BCUT2D eigenvalue weighted by atomic mass is 9.97. The number of hydrogen-bond acceptors (Lipinski definition) is 4. The molecule has 5 rings (SSSR count). The molecule has 6 nitrogen and oxygen atoms in total. The molecule has 1 amide bonds. The summed E-state index contributed by atoms with van der Waals surface area (Å²) in [5.74, 6) is -1.83. The molecule has 1 aliphatic carbocycles. The fourth-order valence-corrected chi connectivity index (χ4v) is 5.62. The number of benzene rings is 1. The van der Waals surface area contributed by atoms with E-state index in [9.17, 15) is 31.5 Å². The number of nitrogens with one attached hydrogen (secondary N) is 2. The lowest BCUT2D eigenvalue weighted by Crippen LogP contribution is -2.43. The molecule has 2 N–H and O–H groups in total. The van der Waals surface area contributed by atoms with Gasteiger partial charge in [-0.2, -0.15) is 0 Å². The van der Waals surface area contributed by atoms with Crippen LogP contribution >= 0.6 is 0 Å². The molecule has 37 heavy (non-hydrogen) atoms. The first-order chi connectivity index (χ1) is 17.7. The average Bonchev–Trinajstić information content (AvgIpc) is 3.54. The van der Waals surface area contributed by atoms with E-state index in [1.165, 1.54) is 18.2 Å². The normalized spacial score (nSPS) is 22.8. The number of amides is 1. The van der Waals surface area contributed by atoms with Gasteiger partial charge in [0.1, 0.15) is 11.4 Å². The quantitative estimate of drug-likeness (QED) is 0.494. The van der Waals surface area contributed by atoms with Crippen molar-refractivity contribution in [2.45, 2.75) is 75.5 Å². The number of carbonyl (C=O) groups is 1. The van der Waals surface area contributed by atoms with Gasteiger partial charge in [0.2, 0.25) is 0 Å². The summed E-state index contributed by atoms with van der Waals surface area (Å²) >= 11 is 0. The molecular weight excluding hydrogens is 495 g/mol. The molecule has 1 aromatic carbocycles. The van der Waals surface area contributed by atoms with E-state index >= 15 is 0 Å². The number of rotatable bonds is 8. The van der Waals surface area contributed by atoms with Crippen LogP contribution in [0.15, 0.2) is 35.3 Å². The number of nitrogens with zero attached hydrogens (tertiary/aromatic N) is 2. The van der Waals surface area contributed by atoms with E-state index in [4.69, 9.17) is 0 Å². The third-order valence-corrected chi connectivity index (χ3v) is 7.91. The number of pyridine rings is 1. The molecule has 1 saturated carbocycles. The molecule has 0 bridgehead atoms. The van der Waals surface area contributed by atoms with Crippen molar-refractivity contribution in [3.8, 4) is 0 Å². The molecule has 1 aromatic heterocycles. The van der Waals surface area contributed by atoms with Crippen molar-refractivity contribution in [1.82, 2.24) is 14.8 Å². The SMILES string of the molecule is O=C(NCc1cccc(C(F)F)c1F)c1cn(C2(C(F)F)CC2)c(=O)cc1NC1CCN2CCCC2C1. The van der Waals surface area contributed by atoms with Crippen molar-refractivity contribution >= 4 is 11.6 Å². The summed E-state index contributed by atoms with van der Waals surface area (Å²) in [5, 5.41) is 5.79. The second-order valence-corrected chi connectivity index (χ2v) is 10.2. The first kappa shape index (κ1) is 25.7. The third kappa shape index (κ3) is 4.97. The van der Waals surface area contributed by atoms with Gasteiger partial charge in [-0.05, 0) is 45.1 Å². The van der Waals surface area contributed by atoms with Crippen LogP contribution in [-0.4, -0.2) is 47.0 Å². The molecule has 0 spiro atoms. The van der Waals surface area contributed by atoms with E-state index in [1.54, 1.807) is 0 Å². The zero-order valence-electron chi connectivity index (χ0n) is 20.2. The second-order valence-electron chi connectivity index (χ2n) is 10.2. The molecule has 2 atom stereocenters. The van der Waals surface area contributed by atoms with Crippen LogP contribution in [0.25, 0.3) is 0 Å². The van der Waals surface area contributed by atoms with E-state index in [1.807, 2.05) is 0 Å². The molecule has 3 heterocycles. The van der Waals surface area contributed by atoms with Crippen LogP contribution in [0.4, 0.5) is 27.6 Å². The monoisotopic (exact) mass is 524 g/mol. The summed E-state index contributed by atoms with van der Waals surface area (Å²) in [6, 6.07) is 5.12. The fourth-order valence-electron chi connectivity index (χ4n) is 5.62. The Labute approximate surface area is 210 Å². The first-order valence-corrected chi connectivity index (χ1v) is 12.6. The summed E-state index contributed by atoms with van der Waals surface area (Å²) in [6.07, 6.45) is -0.579. The Bertz CT molecular complexity index is 1230. The number of carbonyl (C=O) groups excluding carboxylic acids is 1. The molecule has 200 valence electrons. The van der Waals surface area contributed by atoms with Crippen molar-refractivity contribution < 1.29 is 26.7 Å². The Balaban J connectivity index is 1.42. The molecule has 3 aliphatic rings. The number of alkyl halides is 4. The molecular formula is C26H29F5N4O2. The van der Waals surface area contributed by atoms with Crippen LogP contribution in [0.2, 0.25) is 0 Å². The predicted octanol–water partition coefficient (Wildman–Crippen LogP) is 4.65. The maximum Gasteiger partial charge on any atom is 0.266 e. The predicted molar refractivity (Wildman–Crippen MR) is 128 cm³/mol. The van der Waals surface area contributed by atoms with E-state index in [0.29, 0.717) is 6.04 Å². The van der Waals surface area contributed by atoms with Crippen molar-refractivity contribution in [1.29, 1.82) is 0 Å². The average molecular weight is 525 g/mol. The molecule has 0 radical (unpaired) electrons. The van der Waals surface area contributed by atoms with Gasteiger partial charge in [-0.25, -0.2) is 22.0 Å². The van der Waals surface area contributed by atoms with Gasteiger partial charge < -0.3 is 20.1 Å². The van der Waals surface area contributed by atoms with E-state index in [0.717, 1.165) is 55.6 Å². The molecule has 2 saturated heterocycles. The minimum atomic E-state index is -3.01. The number of anilines is 1. The standard InChI is InChI=1S/C26H29F5N4O2/c27-22-15(3-1-5-18(22)23(28)29)13-32-24(37)19-14-35(26(7-8-26)25(30)31)21(36)12-20(19)33-16-6-10-34-9-2-4-17(34)11-16/h1,3,5,12,14,16-17,23,25,33H,2,4,6-11,13H2,(H,32,37). The van der Waals surface area contributed by atoms with Gasteiger partial charge in [0, 0.05) is 43.0 Å². The highest BCUT2D eigenvalue weighted by atomic mass is 19.3. The maximum atomic E-state index is 14.5. The van der Waals surface area contributed by atoms with E-state index in [2.05, 4.69) is 15.5 Å². The van der Waals surface area contributed by atoms with Crippen molar-refractivity contribution in [3.63, 3.8) is 0 Å². The smallest absolute Gasteiger partial charge is 0.266 e. The summed E-state index contributed by atoms with van der Waals surface area (Å²) in [7, 11) is 0. The van der Waals surface area contributed by atoms with Gasteiger partial charge in [-0.1, -0.05) is 18.2 Å². The summed E-state index contributed by atoms with van der Waals surface area (Å²) < 4.78 is 69.1. The van der Waals surface area contributed by atoms with Crippen LogP contribution in [-0.2, 0) is 12.1 Å². The van der Waals surface area contributed by atoms with Crippen molar-refractivity contribution in [3.05, 3.63) is 63.3 Å². The number of fused-ring (bicyclic) bond motifs is 1.